The Morgan fingerprint density at radius 2 is 1.85 bits per heavy atom. The van der Waals surface area contributed by atoms with E-state index in [1.807, 2.05) is 19.1 Å². The van der Waals surface area contributed by atoms with Crippen molar-refractivity contribution in [1.82, 2.24) is 0 Å². The third-order valence-corrected chi connectivity index (χ3v) is 4.02. The van der Waals surface area contributed by atoms with E-state index in [1.54, 1.807) is 30.3 Å². The van der Waals surface area contributed by atoms with Gasteiger partial charge in [-0.2, -0.15) is 0 Å². The van der Waals surface area contributed by atoms with Crippen LogP contribution in [0.2, 0.25) is 10.0 Å². The number of benzene rings is 2. The van der Waals surface area contributed by atoms with Crippen molar-refractivity contribution < 1.29 is 19.1 Å². The van der Waals surface area contributed by atoms with Gasteiger partial charge in [-0.15, -0.1) is 0 Å². The lowest BCUT2D eigenvalue weighted by molar-refractivity contribution is -0.148. The van der Waals surface area contributed by atoms with Gasteiger partial charge >= 0.3 is 5.97 Å². The van der Waals surface area contributed by atoms with Gasteiger partial charge in [-0.05, 0) is 55.8 Å². The molecule has 0 aliphatic rings. The zero-order chi connectivity index (χ0) is 19.8. The SMILES string of the molecule is CCOc1ccc(/C=C/C(=O)O[C@@H](C)C(=O)Nc2cc(Cl)ccc2Cl)cc1. The highest BCUT2D eigenvalue weighted by Crippen LogP contribution is 2.25. The molecular weight excluding hydrogens is 389 g/mol. The molecule has 7 heteroatoms. The van der Waals surface area contributed by atoms with Crippen molar-refractivity contribution in [3.05, 3.63) is 64.1 Å². The Bertz CT molecular complexity index is 834. The Labute approximate surface area is 167 Å². The number of rotatable bonds is 7. The first-order valence-corrected chi connectivity index (χ1v) is 9.02. The number of esters is 1. The molecule has 0 heterocycles. The second-order valence-electron chi connectivity index (χ2n) is 5.53. The zero-order valence-corrected chi connectivity index (χ0v) is 16.4. The minimum absolute atomic E-state index is 0.335. The van der Waals surface area contributed by atoms with Crippen molar-refractivity contribution in [2.75, 3.05) is 11.9 Å². The van der Waals surface area contributed by atoms with E-state index < -0.39 is 18.0 Å². The number of nitrogens with one attached hydrogen (secondary N) is 1. The average Bonchev–Trinajstić information content (AvgIpc) is 2.64. The van der Waals surface area contributed by atoms with Crippen LogP contribution < -0.4 is 10.1 Å². The summed E-state index contributed by atoms with van der Waals surface area (Å²) >= 11 is 11.9. The highest BCUT2D eigenvalue weighted by molar-refractivity contribution is 6.35. The smallest absolute Gasteiger partial charge is 0.331 e. The van der Waals surface area contributed by atoms with Crippen molar-refractivity contribution in [3.8, 4) is 5.75 Å². The molecule has 1 atom stereocenters. The fourth-order valence-electron chi connectivity index (χ4n) is 2.10. The minimum atomic E-state index is -1.00. The zero-order valence-electron chi connectivity index (χ0n) is 14.9. The van der Waals surface area contributed by atoms with Crippen LogP contribution in [0.4, 0.5) is 5.69 Å². The number of hydrogen-bond donors (Lipinski definition) is 1. The number of ether oxygens (including phenoxy) is 2. The Hall–Kier alpha value is -2.50. The monoisotopic (exact) mass is 407 g/mol. The molecule has 2 aromatic carbocycles. The third-order valence-electron chi connectivity index (χ3n) is 3.45. The van der Waals surface area contributed by atoms with Gasteiger partial charge < -0.3 is 14.8 Å². The van der Waals surface area contributed by atoms with E-state index in [2.05, 4.69) is 5.32 Å². The van der Waals surface area contributed by atoms with Crippen LogP contribution in [-0.4, -0.2) is 24.6 Å². The molecule has 0 unspecified atom stereocenters. The van der Waals surface area contributed by atoms with Crippen LogP contribution in [0.1, 0.15) is 19.4 Å². The molecule has 1 N–H and O–H groups in total. The van der Waals surface area contributed by atoms with Crippen molar-refractivity contribution in [3.63, 3.8) is 0 Å². The van der Waals surface area contributed by atoms with Gasteiger partial charge in [0.15, 0.2) is 6.10 Å². The lowest BCUT2D eigenvalue weighted by Crippen LogP contribution is -2.29. The highest BCUT2D eigenvalue weighted by atomic mass is 35.5. The van der Waals surface area contributed by atoms with E-state index in [0.717, 1.165) is 11.3 Å². The molecule has 0 aliphatic heterocycles. The van der Waals surface area contributed by atoms with E-state index in [0.29, 0.717) is 22.3 Å². The van der Waals surface area contributed by atoms with Gasteiger partial charge in [-0.25, -0.2) is 4.79 Å². The number of hydrogen-bond acceptors (Lipinski definition) is 4. The fourth-order valence-corrected chi connectivity index (χ4v) is 2.44. The molecule has 0 aliphatic carbocycles. The molecular formula is C20H19Cl2NO4. The normalized spacial score (nSPS) is 11.9. The maximum atomic E-state index is 12.2. The Morgan fingerprint density at radius 3 is 2.52 bits per heavy atom. The summed E-state index contributed by atoms with van der Waals surface area (Å²) in [4.78, 5) is 24.1. The molecule has 0 fully saturated rings. The molecule has 1 amide bonds. The quantitative estimate of drug-likeness (QED) is 0.519. The number of anilines is 1. The summed E-state index contributed by atoms with van der Waals surface area (Å²) in [6.07, 6.45) is 1.85. The molecule has 2 aromatic rings. The van der Waals surface area contributed by atoms with E-state index in [9.17, 15) is 9.59 Å². The van der Waals surface area contributed by atoms with Gasteiger partial charge in [0.1, 0.15) is 5.75 Å². The molecule has 0 aromatic heterocycles. The van der Waals surface area contributed by atoms with Crippen molar-refractivity contribution in [2.45, 2.75) is 20.0 Å². The van der Waals surface area contributed by atoms with E-state index in [1.165, 1.54) is 19.1 Å². The lowest BCUT2D eigenvalue weighted by Gasteiger charge is -2.13. The molecule has 2 rings (SSSR count). The summed E-state index contributed by atoms with van der Waals surface area (Å²) < 4.78 is 10.5. The third kappa shape index (κ3) is 6.62. The Morgan fingerprint density at radius 1 is 1.15 bits per heavy atom. The van der Waals surface area contributed by atoms with Crippen LogP contribution in [-0.2, 0) is 14.3 Å². The van der Waals surface area contributed by atoms with Crippen LogP contribution in [0.3, 0.4) is 0 Å². The topological polar surface area (TPSA) is 64.6 Å². The maximum Gasteiger partial charge on any atom is 0.331 e. The predicted octanol–water partition coefficient (Wildman–Crippen LogP) is 4.98. The van der Waals surface area contributed by atoms with Crippen LogP contribution in [0.25, 0.3) is 6.08 Å². The molecule has 0 saturated carbocycles. The molecule has 0 saturated heterocycles. The van der Waals surface area contributed by atoms with Crippen LogP contribution >= 0.6 is 23.2 Å². The van der Waals surface area contributed by atoms with Gasteiger partial charge in [0.25, 0.3) is 5.91 Å². The summed E-state index contributed by atoms with van der Waals surface area (Å²) in [5, 5.41) is 3.34. The van der Waals surface area contributed by atoms with Crippen molar-refractivity contribution >= 4 is 46.8 Å². The van der Waals surface area contributed by atoms with E-state index >= 15 is 0 Å². The molecule has 0 radical (unpaired) electrons. The van der Waals surface area contributed by atoms with Crippen molar-refractivity contribution in [1.29, 1.82) is 0 Å². The van der Waals surface area contributed by atoms with Gasteiger partial charge in [-0.3, -0.25) is 4.79 Å². The standard InChI is InChI=1S/C20H19Cl2NO4/c1-3-26-16-8-4-14(5-9-16)6-11-19(24)27-13(2)20(25)23-18-12-15(21)7-10-17(18)22/h4-13H,3H2,1-2H3,(H,23,25)/b11-6+/t13-/m0/s1. The minimum Gasteiger partial charge on any atom is -0.494 e. The largest absolute Gasteiger partial charge is 0.494 e. The molecule has 0 bridgehead atoms. The highest BCUT2D eigenvalue weighted by Gasteiger charge is 2.17. The van der Waals surface area contributed by atoms with Crippen LogP contribution in [0, 0.1) is 0 Å². The summed E-state index contributed by atoms with van der Waals surface area (Å²) in [5.41, 5.74) is 1.15. The molecule has 5 nitrogen and oxygen atoms in total. The molecule has 27 heavy (non-hydrogen) atoms. The second kappa shape index (κ2) is 10.00. The Balaban J connectivity index is 1.90. The summed E-state index contributed by atoms with van der Waals surface area (Å²) in [5.74, 6) is -0.395. The van der Waals surface area contributed by atoms with E-state index in [4.69, 9.17) is 32.7 Å². The van der Waals surface area contributed by atoms with Gasteiger partial charge in [0.05, 0.1) is 17.3 Å². The second-order valence-corrected chi connectivity index (χ2v) is 6.37. The number of carbonyl (C=O) groups excluding carboxylic acids is 2. The number of amides is 1. The summed E-state index contributed by atoms with van der Waals surface area (Å²) in [6.45, 7) is 3.96. The van der Waals surface area contributed by atoms with Crippen molar-refractivity contribution in [2.24, 2.45) is 0 Å². The predicted molar refractivity (Wildman–Crippen MR) is 107 cm³/mol. The summed E-state index contributed by atoms with van der Waals surface area (Å²) in [6, 6.07) is 11.9. The summed E-state index contributed by atoms with van der Waals surface area (Å²) in [7, 11) is 0. The first-order valence-electron chi connectivity index (χ1n) is 8.26. The van der Waals surface area contributed by atoms with Gasteiger partial charge in [-0.1, -0.05) is 35.3 Å². The first-order chi connectivity index (χ1) is 12.9. The maximum absolute atomic E-state index is 12.2. The van der Waals surface area contributed by atoms with Gasteiger partial charge in [0, 0.05) is 11.1 Å². The fraction of sp³-hybridized carbons (Fsp3) is 0.200. The average molecular weight is 408 g/mol. The molecule has 142 valence electrons. The lowest BCUT2D eigenvalue weighted by atomic mass is 10.2. The van der Waals surface area contributed by atoms with Gasteiger partial charge in [0.2, 0.25) is 0 Å². The Kier molecular flexibility index (Phi) is 7.70. The van der Waals surface area contributed by atoms with Crippen LogP contribution in [0.5, 0.6) is 5.75 Å². The van der Waals surface area contributed by atoms with E-state index in [-0.39, 0.29) is 0 Å². The number of carbonyl (C=O) groups is 2. The molecule has 0 spiro atoms. The van der Waals surface area contributed by atoms with Crippen LogP contribution in [0.15, 0.2) is 48.5 Å². The first kappa shape index (κ1) is 20.8. The number of halogens is 2.